The van der Waals surface area contributed by atoms with Crippen molar-refractivity contribution >= 4 is 27.7 Å². The van der Waals surface area contributed by atoms with Crippen LogP contribution < -0.4 is 10.1 Å². The Morgan fingerprint density at radius 3 is 2.54 bits per heavy atom. The minimum Gasteiger partial charge on any atom is -0.438 e. The SMILES string of the molecule is CC(=O)NC1CCN(C(=O)c2cccnc2Oc2ccc(Br)cc2)CC1. The predicted molar refractivity (Wildman–Crippen MR) is 101 cm³/mol. The maximum absolute atomic E-state index is 12.9. The van der Waals surface area contributed by atoms with Crippen LogP contribution in [0, 0.1) is 0 Å². The molecule has 3 rings (SSSR count). The molecule has 1 aliphatic heterocycles. The second-order valence-electron chi connectivity index (χ2n) is 6.18. The summed E-state index contributed by atoms with van der Waals surface area (Å²) in [5.41, 5.74) is 0.438. The molecule has 1 aromatic heterocycles. The van der Waals surface area contributed by atoms with Gasteiger partial charge >= 0.3 is 0 Å². The lowest BCUT2D eigenvalue weighted by Crippen LogP contribution is -2.46. The lowest BCUT2D eigenvalue weighted by molar-refractivity contribution is -0.119. The first-order chi connectivity index (χ1) is 12.5. The van der Waals surface area contributed by atoms with E-state index in [4.69, 9.17) is 4.74 Å². The number of likely N-dealkylation sites (tertiary alicyclic amines) is 1. The summed E-state index contributed by atoms with van der Waals surface area (Å²) in [5, 5.41) is 2.91. The summed E-state index contributed by atoms with van der Waals surface area (Å²) >= 11 is 3.38. The summed E-state index contributed by atoms with van der Waals surface area (Å²) in [5.74, 6) is 0.771. The Hall–Kier alpha value is -2.41. The first-order valence-corrected chi connectivity index (χ1v) is 9.27. The largest absolute Gasteiger partial charge is 0.438 e. The smallest absolute Gasteiger partial charge is 0.259 e. The Kier molecular flexibility index (Phi) is 5.88. The number of amides is 2. The third kappa shape index (κ3) is 4.60. The molecular formula is C19H20BrN3O3. The van der Waals surface area contributed by atoms with Crippen molar-refractivity contribution in [3.05, 3.63) is 52.6 Å². The molecule has 1 N–H and O–H groups in total. The van der Waals surface area contributed by atoms with Crippen LogP contribution in [0.2, 0.25) is 0 Å². The number of carbonyl (C=O) groups excluding carboxylic acids is 2. The molecule has 2 aromatic rings. The molecule has 0 spiro atoms. The minimum atomic E-state index is -0.105. The summed E-state index contributed by atoms with van der Waals surface area (Å²) < 4.78 is 6.76. The molecule has 136 valence electrons. The van der Waals surface area contributed by atoms with Crippen LogP contribution in [0.4, 0.5) is 0 Å². The number of aromatic nitrogens is 1. The van der Waals surface area contributed by atoms with Gasteiger partial charge in [0.2, 0.25) is 11.8 Å². The minimum absolute atomic E-state index is 0.0350. The highest BCUT2D eigenvalue weighted by Crippen LogP contribution is 2.26. The summed E-state index contributed by atoms with van der Waals surface area (Å²) in [6.07, 6.45) is 3.09. The van der Waals surface area contributed by atoms with Crippen LogP contribution in [0.3, 0.4) is 0 Å². The maximum atomic E-state index is 12.9. The van der Waals surface area contributed by atoms with Crippen molar-refractivity contribution in [2.45, 2.75) is 25.8 Å². The van der Waals surface area contributed by atoms with Gasteiger partial charge in [-0.15, -0.1) is 0 Å². The van der Waals surface area contributed by atoms with E-state index >= 15 is 0 Å². The molecule has 0 radical (unpaired) electrons. The second-order valence-corrected chi connectivity index (χ2v) is 7.09. The topological polar surface area (TPSA) is 71.5 Å². The van der Waals surface area contributed by atoms with Crippen LogP contribution >= 0.6 is 15.9 Å². The number of pyridine rings is 1. The summed E-state index contributed by atoms with van der Waals surface area (Å²) in [4.78, 5) is 30.1. The average molecular weight is 418 g/mol. The van der Waals surface area contributed by atoms with Crippen LogP contribution in [0.5, 0.6) is 11.6 Å². The van der Waals surface area contributed by atoms with Gasteiger partial charge in [-0.1, -0.05) is 15.9 Å². The van der Waals surface area contributed by atoms with Gasteiger partial charge in [0.25, 0.3) is 5.91 Å². The molecule has 1 fully saturated rings. The molecule has 2 amide bonds. The number of rotatable bonds is 4. The van der Waals surface area contributed by atoms with E-state index in [9.17, 15) is 9.59 Å². The van der Waals surface area contributed by atoms with E-state index in [-0.39, 0.29) is 17.9 Å². The highest BCUT2D eigenvalue weighted by Gasteiger charge is 2.26. The number of nitrogens with one attached hydrogen (secondary N) is 1. The van der Waals surface area contributed by atoms with Crippen LogP contribution in [0.1, 0.15) is 30.1 Å². The fourth-order valence-electron chi connectivity index (χ4n) is 2.93. The lowest BCUT2D eigenvalue weighted by atomic mass is 10.0. The van der Waals surface area contributed by atoms with Crippen molar-refractivity contribution in [1.82, 2.24) is 15.2 Å². The monoisotopic (exact) mass is 417 g/mol. The molecule has 6 nitrogen and oxygen atoms in total. The molecule has 0 atom stereocenters. The van der Waals surface area contributed by atoms with E-state index in [1.807, 2.05) is 24.3 Å². The molecule has 1 aromatic carbocycles. The van der Waals surface area contributed by atoms with Crippen molar-refractivity contribution < 1.29 is 14.3 Å². The van der Waals surface area contributed by atoms with Gasteiger partial charge in [0.1, 0.15) is 11.3 Å². The molecule has 0 bridgehead atoms. The zero-order valence-electron chi connectivity index (χ0n) is 14.4. The Balaban J connectivity index is 1.70. The van der Waals surface area contributed by atoms with Gasteiger partial charge in [-0.25, -0.2) is 4.98 Å². The number of nitrogens with zero attached hydrogens (tertiary/aromatic N) is 2. The standard InChI is InChI=1S/C19H20BrN3O3/c1-13(24)22-15-8-11-23(12-9-15)19(25)17-3-2-10-21-18(17)26-16-6-4-14(20)5-7-16/h2-7,10,15H,8-9,11-12H2,1H3,(H,22,24). The van der Waals surface area contributed by atoms with Crippen LogP contribution in [0.25, 0.3) is 0 Å². The van der Waals surface area contributed by atoms with Gasteiger partial charge in [-0.3, -0.25) is 9.59 Å². The fraction of sp³-hybridized carbons (Fsp3) is 0.316. The quantitative estimate of drug-likeness (QED) is 0.827. The Labute approximate surface area is 160 Å². The number of ether oxygens (including phenoxy) is 1. The lowest BCUT2D eigenvalue weighted by Gasteiger charge is -2.32. The molecule has 26 heavy (non-hydrogen) atoms. The molecule has 1 saturated heterocycles. The number of halogens is 1. The number of hydrogen-bond acceptors (Lipinski definition) is 4. The zero-order chi connectivity index (χ0) is 18.5. The Morgan fingerprint density at radius 1 is 1.19 bits per heavy atom. The van der Waals surface area contributed by atoms with Gasteiger partial charge in [0.15, 0.2) is 0 Å². The molecular weight excluding hydrogens is 398 g/mol. The van der Waals surface area contributed by atoms with Crippen molar-refractivity contribution in [3.63, 3.8) is 0 Å². The highest BCUT2D eigenvalue weighted by atomic mass is 79.9. The number of benzene rings is 1. The number of hydrogen-bond donors (Lipinski definition) is 1. The van der Waals surface area contributed by atoms with Gasteiger partial charge in [0.05, 0.1) is 0 Å². The first kappa shape index (κ1) is 18.4. The van der Waals surface area contributed by atoms with E-state index in [0.29, 0.717) is 30.3 Å². The van der Waals surface area contributed by atoms with E-state index in [1.165, 1.54) is 6.92 Å². The van der Waals surface area contributed by atoms with Gasteiger partial charge in [-0.2, -0.15) is 0 Å². The first-order valence-electron chi connectivity index (χ1n) is 8.48. The molecule has 0 aliphatic carbocycles. The molecule has 0 unspecified atom stereocenters. The third-order valence-corrected chi connectivity index (χ3v) is 4.75. The van der Waals surface area contributed by atoms with Crippen LogP contribution in [0.15, 0.2) is 47.1 Å². The Morgan fingerprint density at radius 2 is 1.88 bits per heavy atom. The average Bonchev–Trinajstić information content (AvgIpc) is 2.64. The van der Waals surface area contributed by atoms with E-state index in [0.717, 1.165) is 17.3 Å². The summed E-state index contributed by atoms with van der Waals surface area (Å²) in [6, 6.07) is 10.9. The van der Waals surface area contributed by atoms with Gasteiger partial charge < -0.3 is 15.0 Å². The van der Waals surface area contributed by atoms with E-state index < -0.39 is 0 Å². The molecule has 7 heteroatoms. The van der Waals surface area contributed by atoms with Crippen molar-refractivity contribution in [2.75, 3.05) is 13.1 Å². The van der Waals surface area contributed by atoms with Crippen LogP contribution in [-0.2, 0) is 4.79 Å². The maximum Gasteiger partial charge on any atom is 0.259 e. The summed E-state index contributed by atoms with van der Waals surface area (Å²) in [7, 11) is 0. The molecule has 0 saturated carbocycles. The van der Waals surface area contributed by atoms with E-state index in [1.54, 1.807) is 23.2 Å². The third-order valence-electron chi connectivity index (χ3n) is 4.22. The molecule has 1 aliphatic rings. The fourth-order valence-corrected chi connectivity index (χ4v) is 3.20. The van der Waals surface area contributed by atoms with Gasteiger partial charge in [-0.05, 0) is 49.2 Å². The Bertz CT molecular complexity index is 787. The normalized spacial score (nSPS) is 14.8. The number of piperidine rings is 1. The highest BCUT2D eigenvalue weighted by molar-refractivity contribution is 9.10. The van der Waals surface area contributed by atoms with Crippen molar-refractivity contribution in [1.29, 1.82) is 0 Å². The predicted octanol–water partition coefficient (Wildman–Crippen LogP) is 3.38. The summed E-state index contributed by atoms with van der Waals surface area (Å²) in [6.45, 7) is 2.70. The molecule has 2 heterocycles. The van der Waals surface area contributed by atoms with E-state index in [2.05, 4.69) is 26.2 Å². The zero-order valence-corrected chi connectivity index (χ0v) is 16.0. The van der Waals surface area contributed by atoms with Gasteiger partial charge in [0, 0.05) is 36.7 Å². The van der Waals surface area contributed by atoms with Crippen LogP contribution in [-0.4, -0.2) is 40.8 Å². The van der Waals surface area contributed by atoms with Crippen molar-refractivity contribution in [2.24, 2.45) is 0 Å². The second kappa shape index (κ2) is 8.31. The number of carbonyl (C=O) groups is 2. The van der Waals surface area contributed by atoms with Crippen molar-refractivity contribution in [3.8, 4) is 11.6 Å².